The molecular weight excluding hydrogens is 408 g/mol. The summed E-state index contributed by atoms with van der Waals surface area (Å²) in [5.41, 5.74) is 4.33. The molecule has 1 rings (SSSR count). The molecule has 32 heavy (non-hydrogen) atoms. The lowest BCUT2D eigenvalue weighted by molar-refractivity contribution is -0.0302. The fourth-order valence-corrected chi connectivity index (χ4v) is 2.81. The summed E-state index contributed by atoms with van der Waals surface area (Å²) < 4.78 is 33.1. The van der Waals surface area contributed by atoms with Gasteiger partial charge in [-0.3, -0.25) is 0 Å². The molecule has 1 aromatic carbocycles. The van der Waals surface area contributed by atoms with Gasteiger partial charge in [-0.05, 0) is 63.8 Å². The van der Waals surface area contributed by atoms with E-state index in [4.69, 9.17) is 28.4 Å². The lowest BCUT2D eigenvalue weighted by atomic mass is 10.0. The third-order valence-electron chi connectivity index (χ3n) is 4.78. The van der Waals surface area contributed by atoms with E-state index < -0.39 is 0 Å². The smallest absolute Gasteiger partial charge is 0.118 e. The van der Waals surface area contributed by atoms with Crippen molar-refractivity contribution in [2.24, 2.45) is 0 Å². The lowest BCUT2D eigenvalue weighted by Crippen LogP contribution is -2.21. The average Bonchev–Trinajstić information content (AvgIpc) is 2.78. The fourth-order valence-electron chi connectivity index (χ4n) is 2.81. The highest BCUT2D eigenvalue weighted by molar-refractivity contribution is 5.68. The summed E-state index contributed by atoms with van der Waals surface area (Å²) in [5.74, 6) is 0. The number of rotatable bonds is 16. The molecule has 0 aromatic heterocycles. The van der Waals surface area contributed by atoms with E-state index in [0.29, 0.717) is 26.4 Å². The molecular formula is C26H42O6. The van der Waals surface area contributed by atoms with Crippen molar-refractivity contribution in [2.45, 2.75) is 66.0 Å². The highest BCUT2D eigenvalue weighted by atomic mass is 16.6. The van der Waals surface area contributed by atoms with Crippen LogP contribution in [0, 0.1) is 0 Å². The zero-order valence-corrected chi connectivity index (χ0v) is 21.1. The Labute approximate surface area is 194 Å². The number of ether oxygens (including phenoxy) is 6. The summed E-state index contributed by atoms with van der Waals surface area (Å²) in [5, 5.41) is 0. The van der Waals surface area contributed by atoms with Crippen molar-refractivity contribution in [1.29, 1.82) is 0 Å². The van der Waals surface area contributed by atoms with Gasteiger partial charge in [0.05, 0.1) is 51.2 Å². The Balaban J connectivity index is 2.52. The van der Waals surface area contributed by atoms with Crippen molar-refractivity contribution in [3.05, 3.63) is 47.9 Å². The predicted octanol–water partition coefficient (Wildman–Crippen LogP) is 5.32. The molecule has 182 valence electrons. The highest BCUT2D eigenvalue weighted by Gasteiger charge is 2.08. The van der Waals surface area contributed by atoms with E-state index >= 15 is 0 Å². The van der Waals surface area contributed by atoms with Crippen molar-refractivity contribution in [1.82, 2.24) is 0 Å². The molecule has 0 spiro atoms. The Morgan fingerprint density at radius 2 is 0.969 bits per heavy atom. The molecule has 0 aliphatic rings. The van der Waals surface area contributed by atoms with E-state index in [1.807, 2.05) is 41.5 Å². The van der Waals surface area contributed by atoms with Crippen molar-refractivity contribution in [2.75, 3.05) is 40.6 Å². The second kappa shape index (κ2) is 15.9. The molecule has 0 bridgehead atoms. The molecule has 4 unspecified atom stereocenters. The largest absolute Gasteiger partial charge is 0.496 e. The highest BCUT2D eigenvalue weighted by Crippen LogP contribution is 2.20. The number of hydrogen-bond acceptors (Lipinski definition) is 6. The molecule has 0 saturated carbocycles. The molecule has 0 fully saturated rings. The second-order valence-electron chi connectivity index (χ2n) is 8.27. The minimum atomic E-state index is -0.0330. The first-order chi connectivity index (χ1) is 15.3. The van der Waals surface area contributed by atoms with Crippen LogP contribution in [0.1, 0.15) is 52.7 Å². The fraction of sp³-hybridized carbons (Fsp3) is 0.615. The molecule has 6 heteroatoms. The third-order valence-corrected chi connectivity index (χ3v) is 4.78. The maximum absolute atomic E-state index is 5.81. The number of hydrogen-bond donors (Lipinski definition) is 0. The van der Waals surface area contributed by atoms with E-state index in [-0.39, 0.29) is 24.4 Å². The molecule has 6 nitrogen and oxygen atoms in total. The van der Waals surface area contributed by atoms with Crippen LogP contribution in [0.25, 0.3) is 11.1 Å². The van der Waals surface area contributed by atoms with Gasteiger partial charge in [-0.15, -0.1) is 0 Å². The molecule has 0 aliphatic heterocycles. The van der Waals surface area contributed by atoms with Crippen molar-refractivity contribution < 1.29 is 28.4 Å². The van der Waals surface area contributed by atoms with Crippen LogP contribution < -0.4 is 0 Å². The Morgan fingerprint density at radius 1 is 0.625 bits per heavy atom. The predicted molar refractivity (Wildman–Crippen MR) is 129 cm³/mol. The number of methoxy groups -OCH3 is 2. The normalized spacial score (nSPS) is 16.4. The van der Waals surface area contributed by atoms with Crippen LogP contribution in [0.2, 0.25) is 0 Å². The van der Waals surface area contributed by atoms with E-state index in [1.54, 1.807) is 26.7 Å². The van der Waals surface area contributed by atoms with Gasteiger partial charge in [0.15, 0.2) is 0 Å². The first kappa shape index (κ1) is 28.2. The van der Waals surface area contributed by atoms with E-state index in [1.165, 1.54) is 0 Å². The molecule has 0 radical (unpaired) electrons. The first-order valence-electron chi connectivity index (χ1n) is 11.2. The van der Waals surface area contributed by atoms with Crippen LogP contribution in [-0.4, -0.2) is 65.1 Å². The van der Waals surface area contributed by atoms with Crippen molar-refractivity contribution in [3.8, 4) is 0 Å². The number of allylic oxidation sites excluding steroid dienone is 2. The van der Waals surface area contributed by atoms with Gasteiger partial charge in [-0.25, -0.2) is 0 Å². The number of benzene rings is 1. The second-order valence-corrected chi connectivity index (χ2v) is 8.27. The summed E-state index contributed by atoms with van der Waals surface area (Å²) in [7, 11) is 3.34. The summed E-state index contributed by atoms with van der Waals surface area (Å²) >= 11 is 0. The van der Waals surface area contributed by atoms with Crippen LogP contribution >= 0.6 is 0 Å². The van der Waals surface area contributed by atoms with Crippen LogP contribution in [0.3, 0.4) is 0 Å². The lowest BCUT2D eigenvalue weighted by Gasteiger charge is -2.17. The standard InChI is InChI=1S/C26H42O6/c1-19(13-29-23(5)17-31-21(3)15-27-7)25-9-11-26(12-10-25)20(2)14-30-24(6)18-32-22(4)16-28-8/h9-14,21-24H,15-18H2,1-8H3/b19-13-,20-14?. The summed E-state index contributed by atoms with van der Waals surface area (Å²) in [4.78, 5) is 0. The Morgan fingerprint density at radius 3 is 1.28 bits per heavy atom. The Bertz CT molecular complexity index is 623. The van der Waals surface area contributed by atoms with Crippen LogP contribution in [0.5, 0.6) is 0 Å². The third kappa shape index (κ3) is 11.7. The van der Waals surface area contributed by atoms with Gasteiger partial charge < -0.3 is 28.4 Å². The van der Waals surface area contributed by atoms with E-state index in [2.05, 4.69) is 24.3 Å². The molecule has 0 amide bonds. The average molecular weight is 451 g/mol. The zero-order chi connectivity index (χ0) is 23.9. The molecule has 0 heterocycles. The molecule has 0 N–H and O–H groups in total. The summed E-state index contributed by atoms with van der Waals surface area (Å²) in [6, 6.07) is 8.34. The monoisotopic (exact) mass is 450 g/mol. The molecule has 1 aromatic rings. The summed E-state index contributed by atoms with van der Waals surface area (Å²) in [6.07, 6.45) is 3.63. The maximum atomic E-state index is 5.81. The Hall–Kier alpha value is -1.86. The van der Waals surface area contributed by atoms with Gasteiger partial charge in [0.2, 0.25) is 0 Å². The molecule has 4 atom stereocenters. The minimum Gasteiger partial charge on any atom is -0.496 e. The van der Waals surface area contributed by atoms with Gasteiger partial charge in [0.1, 0.15) is 12.2 Å². The van der Waals surface area contributed by atoms with Crippen molar-refractivity contribution in [3.63, 3.8) is 0 Å². The zero-order valence-electron chi connectivity index (χ0n) is 21.1. The van der Waals surface area contributed by atoms with Gasteiger partial charge in [0, 0.05) is 14.2 Å². The van der Waals surface area contributed by atoms with Gasteiger partial charge >= 0.3 is 0 Å². The van der Waals surface area contributed by atoms with Gasteiger partial charge in [-0.2, -0.15) is 0 Å². The van der Waals surface area contributed by atoms with Crippen molar-refractivity contribution >= 4 is 11.1 Å². The van der Waals surface area contributed by atoms with Gasteiger partial charge in [0.25, 0.3) is 0 Å². The SMILES string of the molecule is COCC(C)OCC(C)OC=C(C)c1ccc(/C(C)=C\OC(C)COC(C)COC)cc1. The van der Waals surface area contributed by atoms with E-state index in [0.717, 1.165) is 22.3 Å². The Kier molecular flexibility index (Phi) is 14.0. The quantitative estimate of drug-likeness (QED) is 0.318. The maximum Gasteiger partial charge on any atom is 0.118 e. The molecule has 0 aliphatic carbocycles. The minimum absolute atomic E-state index is 0.0330. The first-order valence-corrected chi connectivity index (χ1v) is 11.2. The summed E-state index contributed by atoms with van der Waals surface area (Å²) in [6.45, 7) is 14.2. The molecule has 0 saturated heterocycles. The van der Waals surface area contributed by atoms with Crippen LogP contribution in [-0.2, 0) is 28.4 Å². The van der Waals surface area contributed by atoms with Crippen LogP contribution in [0.4, 0.5) is 0 Å². The van der Waals surface area contributed by atoms with E-state index in [9.17, 15) is 0 Å². The topological polar surface area (TPSA) is 55.4 Å². The van der Waals surface area contributed by atoms with Crippen LogP contribution in [0.15, 0.2) is 36.8 Å². The van der Waals surface area contributed by atoms with Gasteiger partial charge in [-0.1, -0.05) is 24.3 Å².